The zero-order valence-corrected chi connectivity index (χ0v) is 20.1. The van der Waals surface area contributed by atoms with Gasteiger partial charge in [0.1, 0.15) is 11.6 Å². The second-order valence-corrected chi connectivity index (χ2v) is 8.85. The number of benzene rings is 2. The number of aromatic nitrogens is 4. The lowest BCUT2D eigenvalue weighted by molar-refractivity contribution is 0.958. The van der Waals surface area contributed by atoms with Crippen molar-refractivity contribution in [3.63, 3.8) is 0 Å². The normalized spacial score (nSPS) is 13.9. The lowest BCUT2D eigenvalue weighted by Gasteiger charge is -1.92. The van der Waals surface area contributed by atoms with Crippen molar-refractivity contribution >= 4 is 22.1 Å². The number of nitrogens with zero attached hydrogens (tertiary/aromatic N) is 2. The number of aromatic amines is 2. The van der Waals surface area contributed by atoms with Crippen LogP contribution in [0.1, 0.15) is 62.3 Å². The summed E-state index contributed by atoms with van der Waals surface area (Å²) in [4.78, 5) is 15.1. The van der Waals surface area contributed by atoms with Gasteiger partial charge in [-0.1, -0.05) is 51.4 Å². The Hall–Kier alpha value is -3.58. The second-order valence-electron chi connectivity index (χ2n) is 8.85. The Balaban J connectivity index is 0.000000270. The van der Waals surface area contributed by atoms with Crippen molar-refractivity contribution in [1.82, 2.24) is 19.9 Å². The molecular weight excluding hydrogens is 420 g/mol. The van der Waals surface area contributed by atoms with E-state index in [2.05, 4.69) is 58.5 Å². The molecule has 6 nitrogen and oxygen atoms in total. The second kappa shape index (κ2) is 12.0. The van der Waals surface area contributed by atoms with E-state index in [1.165, 1.54) is 25.7 Å². The molecule has 0 saturated heterocycles. The molecule has 2 saturated carbocycles. The van der Waals surface area contributed by atoms with Crippen molar-refractivity contribution in [2.45, 2.75) is 52.6 Å². The van der Waals surface area contributed by atoms with Crippen molar-refractivity contribution in [1.29, 1.82) is 0 Å². The number of terminal acetylenes is 1. The van der Waals surface area contributed by atoms with E-state index in [0.717, 1.165) is 56.7 Å². The largest absolute Gasteiger partial charge is 0.341 e. The van der Waals surface area contributed by atoms with E-state index in [1.807, 2.05) is 36.4 Å². The average Bonchev–Trinajstić information content (AvgIpc) is 3.75. The number of imidazole rings is 2. The van der Waals surface area contributed by atoms with Crippen LogP contribution < -0.4 is 11.5 Å². The van der Waals surface area contributed by atoms with Crippen LogP contribution in [0.4, 0.5) is 0 Å². The Morgan fingerprint density at radius 3 is 1.41 bits per heavy atom. The van der Waals surface area contributed by atoms with Crippen LogP contribution in [0, 0.1) is 36.5 Å². The van der Waals surface area contributed by atoms with E-state index >= 15 is 0 Å². The summed E-state index contributed by atoms with van der Waals surface area (Å²) in [5, 5.41) is 0. The van der Waals surface area contributed by atoms with Crippen molar-refractivity contribution in [3.05, 3.63) is 59.2 Å². The zero-order valence-electron chi connectivity index (χ0n) is 20.1. The molecule has 0 bridgehead atoms. The van der Waals surface area contributed by atoms with Gasteiger partial charge in [-0.05, 0) is 48.2 Å². The Morgan fingerprint density at radius 2 is 1.12 bits per heavy atom. The number of hydrogen-bond donors (Lipinski definition) is 4. The molecule has 0 unspecified atom stereocenters. The molecule has 6 N–H and O–H groups in total. The van der Waals surface area contributed by atoms with Crippen LogP contribution >= 0.6 is 0 Å². The lowest BCUT2D eigenvalue weighted by Crippen LogP contribution is -1.97. The first-order chi connectivity index (χ1) is 16.5. The van der Waals surface area contributed by atoms with Crippen molar-refractivity contribution in [2.75, 3.05) is 0 Å². The Morgan fingerprint density at radius 1 is 0.765 bits per heavy atom. The molecule has 6 rings (SSSR count). The van der Waals surface area contributed by atoms with Gasteiger partial charge in [-0.15, -0.1) is 12.8 Å². The molecule has 2 aliphatic rings. The lowest BCUT2D eigenvalue weighted by atomic mass is 10.1. The fourth-order valence-corrected chi connectivity index (χ4v) is 2.95. The highest BCUT2D eigenvalue weighted by molar-refractivity contribution is 5.78. The van der Waals surface area contributed by atoms with Gasteiger partial charge in [-0.3, -0.25) is 0 Å². The summed E-state index contributed by atoms with van der Waals surface area (Å²) in [6.45, 7) is 5.34. The van der Waals surface area contributed by atoms with Crippen molar-refractivity contribution < 1.29 is 0 Å². The van der Waals surface area contributed by atoms with Crippen molar-refractivity contribution in [2.24, 2.45) is 23.3 Å². The van der Waals surface area contributed by atoms with Gasteiger partial charge in [-0.2, -0.15) is 0 Å². The van der Waals surface area contributed by atoms with E-state index in [1.54, 1.807) is 0 Å². The zero-order chi connectivity index (χ0) is 24.5. The summed E-state index contributed by atoms with van der Waals surface area (Å²) in [6.07, 6.45) is 13.9. The number of rotatable bonds is 2. The predicted molar refractivity (Wildman–Crippen MR) is 141 cm³/mol. The third-order valence-corrected chi connectivity index (χ3v) is 5.53. The molecule has 2 aromatic heterocycles. The van der Waals surface area contributed by atoms with Gasteiger partial charge >= 0.3 is 0 Å². The SMILES string of the molecule is C#C.CC1CC1.CC1CC1.NCc1nc2ccc(C#Cc3ccc4nc(CN)[nH]c4c3)cc2[nH]1. The molecule has 2 fully saturated rings. The first-order valence-corrected chi connectivity index (χ1v) is 11.8. The highest BCUT2D eigenvalue weighted by Gasteiger charge is 2.13. The minimum absolute atomic E-state index is 0.394. The minimum atomic E-state index is 0.394. The topological polar surface area (TPSA) is 109 Å². The van der Waals surface area contributed by atoms with Gasteiger partial charge in [0.05, 0.1) is 35.2 Å². The number of H-pyrrole nitrogens is 2. The quantitative estimate of drug-likeness (QED) is 0.325. The average molecular weight is 455 g/mol. The summed E-state index contributed by atoms with van der Waals surface area (Å²) in [5.74, 6) is 10.1. The Bertz CT molecular complexity index is 1200. The van der Waals surface area contributed by atoms with E-state index in [9.17, 15) is 0 Å². The number of nitrogens with two attached hydrogens (primary N) is 2. The van der Waals surface area contributed by atoms with Gasteiger partial charge in [0.25, 0.3) is 0 Å². The number of hydrogen-bond acceptors (Lipinski definition) is 4. The maximum absolute atomic E-state index is 5.61. The summed E-state index contributed by atoms with van der Waals surface area (Å²) >= 11 is 0. The Kier molecular flexibility index (Phi) is 8.87. The van der Waals surface area contributed by atoms with Gasteiger partial charge in [-0.25, -0.2) is 9.97 Å². The molecular formula is C28H34N6. The van der Waals surface area contributed by atoms with Crippen LogP contribution in [-0.4, -0.2) is 19.9 Å². The summed E-state index contributed by atoms with van der Waals surface area (Å²) in [5.41, 5.74) is 16.7. The van der Waals surface area contributed by atoms with E-state index in [0.29, 0.717) is 13.1 Å². The van der Waals surface area contributed by atoms with E-state index < -0.39 is 0 Å². The van der Waals surface area contributed by atoms with E-state index in [-0.39, 0.29) is 0 Å². The van der Waals surface area contributed by atoms with Crippen molar-refractivity contribution in [3.8, 4) is 24.7 Å². The minimum Gasteiger partial charge on any atom is -0.341 e. The standard InChI is InChI=1S/C18H16N6.2C4H8.C2H2/c19-9-17-21-13-5-3-11(7-15(13)23-17)1-2-12-4-6-14-16(8-12)24-18(10-20)22-14;2*1-4-2-3-4;1-2/h3-8H,9-10,19-20H2,(H,21,23)(H,22,24);2*4H,2-3H2,1H3;1-2H. The van der Waals surface area contributed by atoms with E-state index in [4.69, 9.17) is 11.5 Å². The molecule has 0 atom stereocenters. The summed E-state index contributed by atoms with van der Waals surface area (Å²) < 4.78 is 0. The monoisotopic (exact) mass is 454 g/mol. The van der Waals surface area contributed by atoms with Crippen LogP contribution in [0.2, 0.25) is 0 Å². The van der Waals surface area contributed by atoms with Crippen LogP contribution in [0.15, 0.2) is 36.4 Å². The van der Waals surface area contributed by atoms with Crippen LogP contribution in [0.25, 0.3) is 22.1 Å². The van der Waals surface area contributed by atoms with Gasteiger partial charge in [0, 0.05) is 11.1 Å². The molecule has 2 aromatic carbocycles. The molecule has 0 aliphatic heterocycles. The molecule has 4 aromatic rings. The molecule has 2 heterocycles. The first kappa shape index (κ1) is 25.1. The van der Waals surface area contributed by atoms with Gasteiger partial charge < -0.3 is 21.4 Å². The maximum atomic E-state index is 5.61. The smallest absolute Gasteiger partial charge is 0.121 e. The highest BCUT2D eigenvalue weighted by atomic mass is 14.9. The summed E-state index contributed by atoms with van der Waals surface area (Å²) in [6, 6.07) is 11.8. The Labute approximate surface area is 202 Å². The summed E-state index contributed by atoms with van der Waals surface area (Å²) in [7, 11) is 0. The predicted octanol–water partition coefficient (Wildman–Crippen LogP) is 4.84. The fourth-order valence-electron chi connectivity index (χ4n) is 2.95. The molecule has 2 aliphatic carbocycles. The highest BCUT2D eigenvalue weighted by Crippen LogP contribution is 2.27. The third-order valence-electron chi connectivity index (χ3n) is 5.53. The molecule has 176 valence electrons. The number of nitrogens with one attached hydrogen (secondary N) is 2. The van der Waals surface area contributed by atoms with Gasteiger partial charge in [0.15, 0.2) is 0 Å². The van der Waals surface area contributed by atoms with Crippen LogP contribution in [0.5, 0.6) is 0 Å². The number of fused-ring (bicyclic) bond motifs is 2. The van der Waals surface area contributed by atoms with Crippen LogP contribution in [0.3, 0.4) is 0 Å². The molecule has 0 spiro atoms. The third kappa shape index (κ3) is 7.49. The van der Waals surface area contributed by atoms with Gasteiger partial charge in [0.2, 0.25) is 0 Å². The molecule has 34 heavy (non-hydrogen) atoms. The fraction of sp³-hybridized carbons (Fsp3) is 0.357. The first-order valence-electron chi connectivity index (χ1n) is 11.8. The van der Waals surface area contributed by atoms with Crippen LogP contribution in [-0.2, 0) is 13.1 Å². The molecule has 0 amide bonds. The molecule has 6 heteroatoms. The molecule has 0 radical (unpaired) electrons. The maximum Gasteiger partial charge on any atom is 0.121 e.